The average molecular weight is 653 g/mol. The molecule has 0 amide bonds. The van der Waals surface area contributed by atoms with Gasteiger partial charge in [-0.2, -0.15) is 0 Å². The van der Waals surface area contributed by atoms with Crippen molar-refractivity contribution in [1.29, 1.82) is 0 Å². The second-order valence-electron chi connectivity index (χ2n) is 13.2. The Morgan fingerprint density at radius 1 is 0.300 bits per heavy atom. The lowest BCUT2D eigenvalue weighted by Gasteiger charge is -2.18. The van der Waals surface area contributed by atoms with Gasteiger partial charge in [0.25, 0.3) is 0 Å². The molecule has 0 aliphatic rings. The Bertz CT molecular complexity index is 3070. The van der Waals surface area contributed by atoms with E-state index in [9.17, 15) is 0 Å². The molecule has 0 unspecified atom stereocenters. The Morgan fingerprint density at radius 3 is 1.48 bits per heavy atom. The van der Waals surface area contributed by atoms with E-state index in [4.69, 9.17) is 4.42 Å². The minimum atomic E-state index is 0.919. The van der Waals surface area contributed by atoms with Gasteiger partial charge in [0, 0.05) is 30.9 Å². The minimum absolute atomic E-state index is 0.919. The van der Waals surface area contributed by atoms with Gasteiger partial charge in [-0.25, -0.2) is 0 Å². The van der Waals surface area contributed by atoms with Crippen LogP contribution in [0.15, 0.2) is 174 Å². The number of benzene rings is 9. The summed E-state index contributed by atoms with van der Waals surface area (Å²) in [7, 11) is 0. The number of furan rings is 1. The van der Waals surface area contributed by atoms with Gasteiger partial charge in [0.2, 0.25) is 0 Å². The standard InChI is InChI=1S/C48H28OS/c1-2-10-30(11-3-1)47-36-14-6-8-16-38(36)48(39-17-9-7-15-37(39)47)31-20-18-29(19-21-31)34-22-23-35-40-28-46-42(27-44(40)49-43(35)25-34)41-24-32-12-4-5-13-33(32)26-45(41)50-46/h1-28H. The van der Waals surface area contributed by atoms with Crippen LogP contribution in [0.2, 0.25) is 0 Å². The van der Waals surface area contributed by atoms with Gasteiger partial charge in [0.05, 0.1) is 0 Å². The van der Waals surface area contributed by atoms with E-state index < -0.39 is 0 Å². The van der Waals surface area contributed by atoms with Gasteiger partial charge in [0.15, 0.2) is 0 Å². The molecule has 0 saturated heterocycles. The summed E-state index contributed by atoms with van der Waals surface area (Å²) in [6.45, 7) is 0. The van der Waals surface area contributed by atoms with Gasteiger partial charge in [-0.1, -0.05) is 133 Å². The maximum Gasteiger partial charge on any atom is 0.136 e. The quantitative estimate of drug-likeness (QED) is 0.173. The van der Waals surface area contributed by atoms with Gasteiger partial charge in [-0.15, -0.1) is 11.3 Å². The van der Waals surface area contributed by atoms with Crippen molar-refractivity contribution in [3.05, 3.63) is 170 Å². The van der Waals surface area contributed by atoms with Crippen LogP contribution >= 0.6 is 11.3 Å². The van der Waals surface area contributed by atoms with E-state index in [-0.39, 0.29) is 0 Å². The third-order valence-electron chi connectivity index (χ3n) is 10.4. The van der Waals surface area contributed by atoms with Crippen LogP contribution in [-0.2, 0) is 0 Å². The highest BCUT2D eigenvalue weighted by molar-refractivity contribution is 7.26. The van der Waals surface area contributed by atoms with Gasteiger partial charge in [0.1, 0.15) is 11.2 Å². The lowest BCUT2D eigenvalue weighted by atomic mass is 9.86. The fraction of sp³-hybridized carbons (Fsp3) is 0. The topological polar surface area (TPSA) is 13.1 Å². The SMILES string of the molecule is c1ccc(-c2c3ccccc3c(-c3ccc(-c4ccc5c(c4)oc4cc6c(cc45)sc4cc5ccccc5cc46)cc3)c3ccccc23)cc1. The molecule has 50 heavy (non-hydrogen) atoms. The molecule has 11 rings (SSSR count). The Morgan fingerprint density at radius 2 is 0.800 bits per heavy atom. The zero-order chi connectivity index (χ0) is 32.8. The Labute approximate surface area is 292 Å². The molecule has 9 aromatic carbocycles. The summed E-state index contributed by atoms with van der Waals surface area (Å²) < 4.78 is 9.18. The van der Waals surface area contributed by atoms with Gasteiger partial charge < -0.3 is 4.42 Å². The van der Waals surface area contributed by atoms with Gasteiger partial charge in [-0.05, 0) is 102 Å². The average Bonchev–Trinajstić information content (AvgIpc) is 3.71. The molecule has 2 heteroatoms. The fourth-order valence-electron chi connectivity index (χ4n) is 8.09. The van der Waals surface area contributed by atoms with Crippen LogP contribution < -0.4 is 0 Å². The molecule has 232 valence electrons. The smallest absolute Gasteiger partial charge is 0.136 e. The molecule has 0 aliphatic carbocycles. The molecule has 0 bridgehead atoms. The zero-order valence-electron chi connectivity index (χ0n) is 27.0. The van der Waals surface area contributed by atoms with Crippen molar-refractivity contribution in [2.75, 3.05) is 0 Å². The first kappa shape index (κ1) is 27.7. The predicted octanol–water partition coefficient (Wildman–Crippen LogP) is 14.4. The highest BCUT2D eigenvalue weighted by Crippen LogP contribution is 2.45. The van der Waals surface area contributed by atoms with E-state index in [0.29, 0.717) is 0 Å². The monoisotopic (exact) mass is 652 g/mol. The summed E-state index contributed by atoms with van der Waals surface area (Å²) >= 11 is 1.86. The maximum absolute atomic E-state index is 6.57. The third kappa shape index (κ3) is 4.13. The lowest BCUT2D eigenvalue weighted by Crippen LogP contribution is -1.90. The number of hydrogen-bond acceptors (Lipinski definition) is 2. The molecule has 2 heterocycles. The summed E-state index contributed by atoms with van der Waals surface area (Å²) in [6, 6.07) is 61.9. The Hall–Kier alpha value is -6.22. The third-order valence-corrected chi connectivity index (χ3v) is 11.5. The summed E-state index contributed by atoms with van der Waals surface area (Å²) in [5.41, 5.74) is 9.19. The van der Waals surface area contributed by atoms with E-state index in [1.54, 1.807) is 0 Å². The second-order valence-corrected chi connectivity index (χ2v) is 14.3. The largest absolute Gasteiger partial charge is 0.456 e. The van der Waals surface area contributed by atoms with Gasteiger partial charge >= 0.3 is 0 Å². The molecule has 0 atom stereocenters. The second kappa shape index (κ2) is 10.6. The molecular formula is C48H28OS. The molecule has 0 radical (unpaired) electrons. The van der Waals surface area contributed by atoms with Crippen LogP contribution in [-0.4, -0.2) is 0 Å². The maximum atomic E-state index is 6.57. The van der Waals surface area contributed by atoms with Crippen molar-refractivity contribution < 1.29 is 4.42 Å². The number of fused-ring (bicyclic) bond motifs is 9. The Kier molecular flexibility index (Phi) is 5.89. The fourth-order valence-corrected chi connectivity index (χ4v) is 9.25. The summed E-state index contributed by atoms with van der Waals surface area (Å²) in [4.78, 5) is 0. The number of thiophene rings is 1. The van der Waals surface area contributed by atoms with E-state index in [0.717, 1.165) is 22.1 Å². The van der Waals surface area contributed by atoms with E-state index in [2.05, 4.69) is 170 Å². The minimum Gasteiger partial charge on any atom is -0.456 e. The van der Waals surface area contributed by atoms with Crippen LogP contribution in [0.25, 0.3) is 108 Å². The highest BCUT2D eigenvalue weighted by Gasteiger charge is 2.17. The van der Waals surface area contributed by atoms with Crippen LogP contribution in [0.1, 0.15) is 0 Å². The summed E-state index contributed by atoms with van der Waals surface area (Å²) in [6.07, 6.45) is 0. The number of hydrogen-bond donors (Lipinski definition) is 0. The number of rotatable bonds is 3. The van der Waals surface area contributed by atoms with E-state index in [1.165, 1.54) is 85.7 Å². The van der Waals surface area contributed by atoms with Gasteiger partial charge in [-0.3, -0.25) is 0 Å². The van der Waals surface area contributed by atoms with Crippen LogP contribution in [0.3, 0.4) is 0 Å². The molecule has 0 N–H and O–H groups in total. The van der Waals surface area contributed by atoms with Crippen molar-refractivity contribution in [2.24, 2.45) is 0 Å². The van der Waals surface area contributed by atoms with Crippen LogP contribution in [0, 0.1) is 0 Å². The van der Waals surface area contributed by atoms with Crippen molar-refractivity contribution in [3.63, 3.8) is 0 Å². The van der Waals surface area contributed by atoms with E-state index >= 15 is 0 Å². The Balaban J connectivity index is 1.02. The first-order valence-corrected chi connectivity index (χ1v) is 17.9. The lowest BCUT2D eigenvalue weighted by molar-refractivity contribution is 0.669. The van der Waals surface area contributed by atoms with Crippen LogP contribution in [0.5, 0.6) is 0 Å². The molecule has 0 fully saturated rings. The molecule has 0 aliphatic heterocycles. The highest BCUT2D eigenvalue weighted by atomic mass is 32.1. The summed E-state index contributed by atoms with van der Waals surface area (Å²) in [5.74, 6) is 0. The van der Waals surface area contributed by atoms with E-state index in [1.807, 2.05) is 11.3 Å². The summed E-state index contributed by atoms with van der Waals surface area (Å²) in [5, 5.41) is 12.5. The molecule has 0 spiro atoms. The molecule has 0 saturated carbocycles. The predicted molar refractivity (Wildman–Crippen MR) is 215 cm³/mol. The first-order chi connectivity index (χ1) is 24.8. The molecule has 1 nitrogen and oxygen atoms in total. The van der Waals surface area contributed by atoms with Crippen molar-refractivity contribution >= 4 is 85.8 Å². The molecule has 11 aromatic rings. The first-order valence-electron chi connectivity index (χ1n) is 17.1. The zero-order valence-corrected chi connectivity index (χ0v) is 27.8. The molecular weight excluding hydrogens is 625 g/mol. The normalized spacial score (nSPS) is 12.0. The van der Waals surface area contributed by atoms with Crippen LogP contribution in [0.4, 0.5) is 0 Å². The van der Waals surface area contributed by atoms with Crippen molar-refractivity contribution in [2.45, 2.75) is 0 Å². The molecule has 2 aromatic heterocycles. The van der Waals surface area contributed by atoms with Crippen molar-refractivity contribution in [1.82, 2.24) is 0 Å². The van der Waals surface area contributed by atoms with Crippen molar-refractivity contribution in [3.8, 4) is 33.4 Å².